The molecule has 0 aromatic heterocycles. The molecule has 0 fully saturated rings. The van der Waals surface area contributed by atoms with Crippen molar-refractivity contribution in [2.24, 2.45) is 0 Å². The molecule has 0 aliphatic rings. The fourth-order valence-corrected chi connectivity index (χ4v) is 4.97. The van der Waals surface area contributed by atoms with Crippen LogP contribution in [0.15, 0.2) is 77.7 Å². The zero-order valence-electron chi connectivity index (χ0n) is 16.0. The topological polar surface area (TPSA) is 66.4 Å². The van der Waals surface area contributed by atoms with Crippen molar-refractivity contribution < 1.29 is 52.1 Å². The highest BCUT2D eigenvalue weighted by Crippen LogP contribution is 2.28. The first-order chi connectivity index (χ1) is 14.0. The second-order valence-corrected chi connectivity index (χ2v) is 10.4. The molecule has 3 aromatic rings. The SMILES string of the molecule is COc1ccc([I+]c2cccc(C(F)(F)F)c2)cc1.Cc1ccc(S(=O)(=O)[O-])cc1. The van der Waals surface area contributed by atoms with E-state index in [1.807, 2.05) is 31.2 Å². The van der Waals surface area contributed by atoms with E-state index in [2.05, 4.69) is 0 Å². The van der Waals surface area contributed by atoms with E-state index in [1.54, 1.807) is 25.3 Å². The summed E-state index contributed by atoms with van der Waals surface area (Å²) in [6.45, 7) is 1.82. The third-order valence-electron chi connectivity index (χ3n) is 3.73. The summed E-state index contributed by atoms with van der Waals surface area (Å²) in [4.78, 5) is -0.178. The van der Waals surface area contributed by atoms with E-state index in [9.17, 15) is 26.1 Å². The van der Waals surface area contributed by atoms with Gasteiger partial charge in [-0.1, -0.05) is 23.8 Å². The Morgan fingerprint density at radius 2 is 1.50 bits per heavy atom. The highest BCUT2D eigenvalue weighted by molar-refractivity contribution is 7.85. The van der Waals surface area contributed by atoms with Crippen LogP contribution < -0.4 is 25.9 Å². The summed E-state index contributed by atoms with van der Waals surface area (Å²) in [6.07, 6.45) is -4.28. The Hall–Kier alpha value is -2.11. The van der Waals surface area contributed by atoms with Gasteiger partial charge in [0, 0.05) is 6.07 Å². The highest BCUT2D eigenvalue weighted by atomic mass is 127. The lowest BCUT2D eigenvalue weighted by atomic mass is 10.2. The lowest BCUT2D eigenvalue weighted by molar-refractivity contribution is -0.597. The summed E-state index contributed by atoms with van der Waals surface area (Å²) >= 11 is -0.610. The summed E-state index contributed by atoms with van der Waals surface area (Å²) in [5.74, 6) is 0.747. The van der Waals surface area contributed by atoms with Crippen LogP contribution in [0.2, 0.25) is 0 Å². The number of alkyl halides is 3. The molecular weight excluding hydrogens is 532 g/mol. The van der Waals surface area contributed by atoms with Crippen molar-refractivity contribution in [1.29, 1.82) is 0 Å². The average Bonchev–Trinajstić information content (AvgIpc) is 2.68. The van der Waals surface area contributed by atoms with Crippen molar-refractivity contribution in [3.63, 3.8) is 0 Å². The smallest absolute Gasteiger partial charge is 0.416 e. The van der Waals surface area contributed by atoms with Crippen molar-refractivity contribution in [2.75, 3.05) is 7.11 Å². The Morgan fingerprint density at radius 3 is 2.00 bits per heavy atom. The van der Waals surface area contributed by atoms with Gasteiger partial charge in [-0.25, -0.2) is 8.42 Å². The summed E-state index contributed by atoms with van der Waals surface area (Å²) in [5, 5.41) is 0. The predicted molar refractivity (Wildman–Crippen MR) is 101 cm³/mol. The maximum atomic E-state index is 12.6. The number of ether oxygens (including phenoxy) is 1. The molecule has 0 N–H and O–H groups in total. The second-order valence-electron chi connectivity index (χ2n) is 6.03. The zero-order chi connectivity index (χ0) is 22.4. The Morgan fingerprint density at radius 1 is 0.900 bits per heavy atom. The normalized spacial score (nSPS) is 11.4. The van der Waals surface area contributed by atoms with Gasteiger partial charge >= 0.3 is 27.4 Å². The molecule has 160 valence electrons. The molecule has 0 saturated carbocycles. The Labute approximate surface area is 183 Å². The molecule has 3 rings (SSSR count). The van der Waals surface area contributed by atoms with Gasteiger partial charge < -0.3 is 9.29 Å². The summed E-state index contributed by atoms with van der Waals surface area (Å²) < 4.78 is 75.8. The highest BCUT2D eigenvalue weighted by Gasteiger charge is 2.32. The minimum absolute atomic E-state index is 0.178. The van der Waals surface area contributed by atoms with Gasteiger partial charge in [-0.3, -0.25) is 0 Å². The molecule has 0 atom stereocenters. The molecule has 9 heteroatoms. The third-order valence-corrected chi connectivity index (χ3v) is 7.21. The van der Waals surface area contributed by atoms with E-state index < -0.39 is 43.1 Å². The van der Waals surface area contributed by atoms with E-state index in [1.165, 1.54) is 24.3 Å². The van der Waals surface area contributed by atoms with Crippen LogP contribution in [0.4, 0.5) is 13.2 Å². The fourth-order valence-electron chi connectivity index (χ4n) is 2.19. The van der Waals surface area contributed by atoms with Gasteiger partial charge in [0.2, 0.25) is 0 Å². The van der Waals surface area contributed by atoms with Crippen LogP contribution in [0, 0.1) is 14.1 Å². The number of halogens is 4. The van der Waals surface area contributed by atoms with Crippen molar-refractivity contribution >= 4 is 10.1 Å². The van der Waals surface area contributed by atoms with Gasteiger partial charge in [0.15, 0.2) is 7.14 Å². The maximum Gasteiger partial charge on any atom is 0.416 e. The average molecular weight is 550 g/mol. The molecule has 0 unspecified atom stereocenters. The predicted octanol–water partition coefficient (Wildman–Crippen LogP) is 1.74. The first kappa shape index (κ1) is 24.2. The number of aryl methyl sites for hydroxylation is 1. The second kappa shape index (κ2) is 10.3. The Bertz CT molecular complexity index is 1060. The van der Waals surface area contributed by atoms with Crippen LogP contribution in [-0.2, 0) is 16.3 Å². The summed E-state index contributed by atoms with van der Waals surface area (Å²) in [7, 11) is -2.69. The largest absolute Gasteiger partial charge is 0.744 e. The lowest BCUT2D eigenvalue weighted by Crippen LogP contribution is -3.61. The first-order valence-corrected chi connectivity index (χ1v) is 12.0. The molecule has 4 nitrogen and oxygen atoms in total. The van der Waals surface area contributed by atoms with Crippen LogP contribution >= 0.6 is 0 Å². The number of methoxy groups -OCH3 is 1. The van der Waals surface area contributed by atoms with E-state index in [4.69, 9.17) is 4.74 Å². The van der Waals surface area contributed by atoms with E-state index in [0.29, 0.717) is 0 Å². The number of benzene rings is 3. The van der Waals surface area contributed by atoms with Crippen molar-refractivity contribution in [3.8, 4) is 5.75 Å². The molecule has 3 aromatic carbocycles. The standard InChI is InChI=1S/C14H11F3IO.C7H8O3S/c1-19-13-7-5-11(6-8-13)18-12-4-2-3-10(9-12)14(15,16)17;1-6-2-4-7(5-3-6)11(8,9)10/h2-9H,1H3;2-5H,1H3,(H,8,9,10)/q+1;/p-1. The van der Waals surface area contributed by atoms with E-state index >= 15 is 0 Å². The molecule has 30 heavy (non-hydrogen) atoms. The minimum atomic E-state index is -4.28. The van der Waals surface area contributed by atoms with Gasteiger partial charge in [0.25, 0.3) is 0 Å². The van der Waals surface area contributed by atoms with Crippen LogP contribution in [0.5, 0.6) is 5.75 Å². The Balaban J connectivity index is 0.000000248. The first-order valence-electron chi connectivity index (χ1n) is 8.48. The maximum absolute atomic E-state index is 12.6. The number of rotatable bonds is 4. The van der Waals surface area contributed by atoms with Gasteiger partial charge in [0.1, 0.15) is 15.9 Å². The van der Waals surface area contributed by atoms with Crippen molar-refractivity contribution in [3.05, 3.63) is 91.1 Å². The van der Waals surface area contributed by atoms with Crippen molar-refractivity contribution in [2.45, 2.75) is 18.0 Å². The number of hydrogen-bond donors (Lipinski definition) is 0. The van der Waals surface area contributed by atoms with Crippen LogP contribution in [-0.4, -0.2) is 20.1 Å². The van der Waals surface area contributed by atoms with E-state index in [0.717, 1.165) is 24.5 Å². The molecule has 0 aliphatic carbocycles. The molecule has 0 amide bonds. The van der Waals surface area contributed by atoms with Gasteiger partial charge in [0.05, 0.1) is 17.6 Å². The van der Waals surface area contributed by atoms with Gasteiger partial charge in [-0.15, -0.1) is 0 Å². The lowest BCUT2D eigenvalue weighted by Gasteiger charge is -2.05. The van der Waals surface area contributed by atoms with Crippen LogP contribution in [0.1, 0.15) is 11.1 Å². The summed E-state index contributed by atoms with van der Waals surface area (Å²) in [5.41, 5.74) is 0.343. The number of hydrogen-bond acceptors (Lipinski definition) is 4. The molecule has 0 radical (unpaired) electrons. The molecule has 0 heterocycles. The summed E-state index contributed by atoms with van der Waals surface area (Å²) in [6, 6.07) is 18.8. The van der Waals surface area contributed by atoms with Crippen molar-refractivity contribution in [1.82, 2.24) is 0 Å². The fraction of sp³-hybridized carbons (Fsp3) is 0.143. The van der Waals surface area contributed by atoms with E-state index in [-0.39, 0.29) is 4.90 Å². The molecular formula is C21H18F3IO4S. The Kier molecular flexibility index (Phi) is 8.27. The quantitative estimate of drug-likeness (QED) is 0.367. The minimum Gasteiger partial charge on any atom is -0.744 e. The van der Waals surface area contributed by atoms with Crippen LogP contribution in [0.25, 0.3) is 0 Å². The third kappa shape index (κ3) is 7.62. The molecule has 0 aliphatic heterocycles. The van der Waals surface area contributed by atoms with Gasteiger partial charge in [-0.05, 0) is 55.5 Å². The molecule has 0 saturated heterocycles. The molecule has 0 bridgehead atoms. The zero-order valence-corrected chi connectivity index (χ0v) is 19.0. The van der Waals surface area contributed by atoms with Gasteiger partial charge in [-0.2, -0.15) is 13.2 Å². The monoisotopic (exact) mass is 550 g/mol. The molecule has 0 spiro atoms. The van der Waals surface area contributed by atoms with Crippen LogP contribution in [0.3, 0.4) is 0 Å².